The summed E-state index contributed by atoms with van der Waals surface area (Å²) in [6, 6.07) is 11.1. The van der Waals surface area contributed by atoms with Crippen molar-refractivity contribution >= 4 is 12.0 Å². The molecule has 1 aromatic carbocycles. The zero-order valence-electron chi connectivity index (χ0n) is 7.51. The van der Waals surface area contributed by atoms with E-state index in [9.17, 15) is 4.79 Å². The lowest BCUT2D eigenvalue weighted by atomic mass is 10.2. The maximum absolute atomic E-state index is 10.9. The van der Waals surface area contributed by atoms with Gasteiger partial charge in [-0.05, 0) is 11.6 Å². The van der Waals surface area contributed by atoms with Gasteiger partial charge in [0, 0.05) is 6.08 Å². The van der Waals surface area contributed by atoms with E-state index >= 15 is 0 Å². The van der Waals surface area contributed by atoms with E-state index in [1.54, 1.807) is 12.1 Å². The Labute approximate surface area is 82.2 Å². The molecule has 0 aromatic heterocycles. The van der Waals surface area contributed by atoms with Crippen LogP contribution in [0.4, 0.5) is 0 Å². The van der Waals surface area contributed by atoms with Gasteiger partial charge < -0.3 is 4.74 Å². The summed E-state index contributed by atoms with van der Waals surface area (Å²) in [6.07, 6.45) is 2.94. The first kappa shape index (κ1) is 10.0. The number of benzene rings is 1. The lowest BCUT2D eigenvalue weighted by Gasteiger charge is -1.93. The van der Waals surface area contributed by atoms with E-state index in [-0.39, 0.29) is 6.61 Å². The van der Waals surface area contributed by atoms with Crippen LogP contribution in [0, 0.1) is 11.3 Å². The average molecular weight is 187 g/mol. The molecule has 0 fully saturated rings. The number of hydrogen-bond donors (Lipinski definition) is 0. The molecule has 0 N–H and O–H groups in total. The van der Waals surface area contributed by atoms with Crippen LogP contribution in [0.15, 0.2) is 36.4 Å². The second-order valence-corrected chi connectivity index (χ2v) is 2.51. The average Bonchev–Trinajstić information content (AvgIpc) is 2.25. The zero-order chi connectivity index (χ0) is 10.2. The quantitative estimate of drug-likeness (QED) is 0.535. The van der Waals surface area contributed by atoms with Crippen molar-refractivity contribution in [1.82, 2.24) is 0 Å². The highest BCUT2D eigenvalue weighted by molar-refractivity contribution is 5.87. The zero-order valence-corrected chi connectivity index (χ0v) is 7.51. The van der Waals surface area contributed by atoms with E-state index in [0.29, 0.717) is 0 Å². The van der Waals surface area contributed by atoms with Gasteiger partial charge in [-0.25, -0.2) is 4.79 Å². The molecule has 0 saturated heterocycles. The summed E-state index contributed by atoms with van der Waals surface area (Å²) in [5.74, 6) is -0.504. The van der Waals surface area contributed by atoms with E-state index in [4.69, 9.17) is 5.26 Å². The highest BCUT2D eigenvalue weighted by Gasteiger charge is 1.94. The Hall–Kier alpha value is -2.08. The highest BCUT2D eigenvalue weighted by Crippen LogP contribution is 2.00. The number of carbonyl (C=O) groups is 1. The van der Waals surface area contributed by atoms with Crippen LogP contribution in [-0.2, 0) is 9.53 Å². The topological polar surface area (TPSA) is 50.1 Å². The molecular formula is C11H9NO2. The second-order valence-electron chi connectivity index (χ2n) is 2.51. The van der Waals surface area contributed by atoms with Gasteiger partial charge in [-0.1, -0.05) is 30.3 Å². The van der Waals surface area contributed by atoms with E-state index in [2.05, 4.69) is 4.74 Å². The van der Waals surface area contributed by atoms with Crippen LogP contribution in [0.1, 0.15) is 5.56 Å². The molecule has 0 atom stereocenters. The number of nitrogens with zero attached hydrogens (tertiary/aromatic N) is 1. The number of ether oxygens (including phenoxy) is 1. The molecule has 14 heavy (non-hydrogen) atoms. The number of hydrogen-bond acceptors (Lipinski definition) is 3. The monoisotopic (exact) mass is 187 g/mol. The van der Waals surface area contributed by atoms with Gasteiger partial charge in [0.25, 0.3) is 0 Å². The van der Waals surface area contributed by atoms with E-state index in [1.165, 1.54) is 6.08 Å². The van der Waals surface area contributed by atoms with Crippen LogP contribution in [0.2, 0.25) is 0 Å². The van der Waals surface area contributed by atoms with Gasteiger partial charge in [-0.15, -0.1) is 0 Å². The Morgan fingerprint density at radius 2 is 2.14 bits per heavy atom. The molecule has 0 radical (unpaired) electrons. The molecule has 0 saturated carbocycles. The molecule has 0 aliphatic carbocycles. The van der Waals surface area contributed by atoms with Gasteiger partial charge in [0.2, 0.25) is 0 Å². The molecule has 0 amide bonds. The SMILES string of the molecule is N#CCOC(=O)C=Cc1ccccc1. The summed E-state index contributed by atoms with van der Waals surface area (Å²) in [5, 5.41) is 8.15. The third-order valence-electron chi connectivity index (χ3n) is 1.49. The molecule has 70 valence electrons. The lowest BCUT2D eigenvalue weighted by Crippen LogP contribution is -1.99. The summed E-state index contributed by atoms with van der Waals surface area (Å²) in [4.78, 5) is 10.9. The first-order valence-electron chi connectivity index (χ1n) is 4.10. The Morgan fingerprint density at radius 3 is 2.79 bits per heavy atom. The van der Waals surface area contributed by atoms with E-state index < -0.39 is 5.97 Å². The summed E-state index contributed by atoms with van der Waals surface area (Å²) in [7, 11) is 0. The van der Waals surface area contributed by atoms with E-state index in [0.717, 1.165) is 5.56 Å². The third kappa shape index (κ3) is 3.55. The molecule has 0 unspecified atom stereocenters. The lowest BCUT2D eigenvalue weighted by molar-refractivity contribution is -0.136. The molecule has 1 aromatic rings. The Morgan fingerprint density at radius 1 is 1.43 bits per heavy atom. The van der Waals surface area contributed by atoms with Crippen LogP contribution >= 0.6 is 0 Å². The minimum Gasteiger partial charge on any atom is -0.447 e. The molecule has 1 rings (SSSR count). The number of carbonyl (C=O) groups excluding carboxylic acids is 1. The predicted octanol–water partition coefficient (Wildman–Crippen LogP) is 1.77. The van der Waals surface area contributed by atoms with Crippen molar-refractivity contribution in [3.63, 3.8) is 0 Å². The van der Waals surface area contributed by atoms with Crippen LogP contribution in [0.3, 0.4) is 0 Å². The van der Waals surface area contributed by atoms with Crippen molar-refractivity contribution in [3.8, 4) is 6.07 Å². The van der Waals surface area contributed by atoms with Crippen molar-refractivity contribution < 1.29 is 9.53 Å². The molecule has 3 heteroatoms. The van der Waals surface area contributed by atoms with Gasteiger partial charge in [-0.3, -0.25) is 0 Å². The fourth-order valence-electron chi connectivity index (χ4n) is 0.880. The van der Waals surface area contributed by atoms with Gasteiger partial charge in [0.1, 0.15) is 6.07 Å². The summed E-state index contributed by atoms with van der Waals surface area (Å²) in [6.45, 7) is -0.210. The summed E-state index contributed by atoms with van der Waals surface area (Å²) < 4.78 is 4.53. The fraction of sp³-hybridized carbons (Fsp3) is 0.0909. The number of rotatable bonds is 3. The minimum atomic E-state index is -0.504. The smallest absolute Gasteiger partial charge is 0.331 e. The first-order valence-corrected chi connectivity index (χ1v) is 4.10. The molecule has 0 aliphatic rings. The van der Waals surface area contributed by atoms with E-state index in [1.807, 2.05) is 30.3 Å². The largest absolute Gasteiger partial charge is 0.447 e. The van der Waals surface area contributed by atoms with Gasteiger partial charge >= 0.3 is 5.97 Å². The Balaban J connectivity index is 2.49. The van der Waals surface area contributed by atoms with Crippen molar-refractivity contribution in [2.75, 3.05) is 6.61 Å². The van der Waals surface area contributed by atoms with Crippen LogP contribution in [0.25, 0.3) is 6.08 Å². The molecular weight excluding hydrogens is 178 g/mol. The van der Waals surface area contributed by atoms with Crippen molar-refractivity contribution in [1.29, 1.82) is 5.26 Å². The molecule has 0 spiro atoms. The molecule has 0 heterocycles. The van der Waals surface area contributed by atoms with Gasteiger partial charge in [0.15, 0.2) is 6.61 Å². The van der Waals surface area contributed by atoms with Crippen LogP contribution in [-0.4, -0.2) is 12.6 Å². The van der Waals surface area contributed by atoms with Crippen LogP contribution < -0.4 is 0 Å². The number of esters is 1. The maximum atomic E-state index is 10.9. The van der Waals surface area contributed by atoms with Crippen LogP contribution in [0.5, 0.6) is 0 Å². The highest BCUT2D eigenvalue weighted by atomic mass is 16.5. The molecule has 0 bridgehead atoms. The van der Waals surface area contributed by atoms with Crippen molar-refractivity contribution in [2.24, 2.45) is 0 Å². The summed E-state index contributed by atoms with van der Waals surface area (Å²) >= 11 is 0. The van der Waals surface area contributed by atoms with Crippen molar-refractivity contribution in [3.05, 3.63) is 42.0 Å². The Bertz CT molecular complexity index is 363. The fourth-order valence-corrected chi connectivity index (χ4v) is 0.880. The second kappa shape index (κ2) is 5.55. The Kier molecular flexibility index (Phi) is 3.96. The van der Waals surface area contributed by atoms with Gasteiger partial charge in [0.05, 0.1) is 0 Å². The first-order chi connectivity index (χ1) is 6.83. The van der Waals surface area contributed by atoms with Gasteiger partial charge in [-0.2, -0.15) is 5.26 Å². The summed E-state index contributed by atoms with van der Waals surface area (Å²) in [5.41, 5.74) is 0.918. The predicted molar refractivity (Wildman–Crippen MR) is 52.0 cm³/mol. The number of nitriles is 1. The maximum Gasteiger partial charge on any atom is 0.331 e. The van der Waals surface area contributed by atoms with Crippen molar-refractivity contribution in [2.45, 2.75) is 0 Å². The third-order valence-corrected chi connectivity index (χ3v) is 1.49. The standard InChI is InChI=1S/C11H9NO2/c12-8-9-14-11(13)7-6-10-4-2-1-3-5-10/h1-7H,9H2. The molecule has 0 aliphatic heterocycles. The normalized spacial score (nSPS) is 9.64. The molecule has 3 nitrogen and oxygen atoms in total. The minimum absolute atomic E-state index is 0.210.